The standard InChI is InChI=1S/C17H16Cl2INO2/c1-9-6-13(20)7-10(2)16(9)21-17(22)11(3)23-15-5-4-12(18)8-14(15)19/h4-8,11H,1-3H3,(H,21,22)/t11-/m1/s1. The highest BCUT2D eigenvalue weighted by Crippen LogP contribution is 2.29. The lowest BCUT2D eigenvalue weighted by Crippen LogP contribution is -2.30. The minimum Gasteiger partial charge on any atom is -0.479 e. The van der Waals surface area contributed by atoms with Gasteiger partial charge in [0.1, 0.15) is 5.75 Å². The van der Waals surface area contributed by atoms with Crippen molar-refractivity contribution in [2.45, 2.75) is 26.9 Å². The van der Waals surface area contributed by atoms with Crippen LogP contribution in [0.5, 0.6) is 5.75 Å². The normalized spacial score (nSPS) is 11.9. The van der Waals surface area contributed by atoms with Gasteiger partial charge >= 0.3 is 0 Å². The Morgan fingerprint density at radius 2 is 1.78 bits per heavy atom. The number of benzene rings is 2. The van der Waals surface area contributed by atoms with Crippen molar-refractivity contribution < 1.29 is 9.53 Å². The van der Waals surface area contributed by atoms with Crippen LogP contribution in [0.3, 0.4) is 0 Å². The van der Waals surface area contributed by atoms with E-state index in [2.05, 4.69) is 27.9 Å². The maximum atomic E-state index is 12.4. The summed E-state index contributed by atoms with van der Waals surface area (Å²) in [6, 6.07) is 8.93. The van der Waals surface area contributed by atoms with Gasteiger partial charge in [0.2, 0.25) is 0 Å². The summed E-state index contributed by atoms with van der Waals surface area (Å²) in [4.78, 5) is 12.4. The molecule has 2 rings (SSSR count). The minimum absolute atomic E-state index is 0.233. The summed E-state index contributed by atoms with van der Waals surface area (Å²) in [7, 11) is 0. The lowest BCUT2D eigenvalue weighted by atomic mass is 10.1. The number of aryl methyl sites for hydroxylation is 2. The molecule has 0 radical (unpaired) electrons. The number of anilines is 1. The number of hydrogen-bond acceptors (Lipinski definition) is 2. The Balaban J connectivity index is 2.11. The van der Waals surface area contributed by atoms with E-state index in [1.165, 1.54) is 0 Å². The van der Waals surface area contributed by atoms with Crippen LogP contribution in [0.1, 0.15) is 18.1 Å². The molecule has 0 aliphatic rings. The summed E-state index contributed by atoms with van der Waals surface area (Å²) in [5.41, 5.74) is 2.84. The summed E-state index contributed by atoms with van der Waals surface area (Å²) < 4.78 is 6.77. The minimum atomic E-state index is -0.688. The van der Waals surface area contributed by atoms with Gasteiger partial charge in [0.05, 0.1) is 5.02 Å². The first kappa shape index (κ1) is 18.4. The Hall–Kier alpha value is -0.980. The molecule has 2 aromatic rings. The van der Waals surface area contributed by atoms with E-state index < -0.39 is 6.10 Å². The van der Waals surface area contributed by atoms with Gasteiger partial charge in [0, 0.05) is 14.3 Å². The number of rotatable bonds is 4. The van der Waals surface area contributed by atoms with E-state index in [0.717, 1.165) is 20.4 Å². The Kier molecular flexibility index (Phi) is 6.17. The highest BCUT2D eigenvalue weighted by molar-refractivity contribution is 14.1. The van der Waals surface area contributed by atoms with Crippen molar-refractivity contribution >= 4 is 57.4 Å². The second kappa shape index (κ2) is 7.73. The van der Waals surface area contributed by atoms with E-state index in [1.54, 1.807) is 25.1 Å². The number of hydrogen-bond donors (Lipinski definition) is 1. The first-order valence-corrected chi connectivity index (χ1v) is 8.80. The van der Waals surface area contributed by atoms with Gasteiger partial charge in [-0.3, -0.25) is 4.79 Å². The fourth-order valence-corrected chi connectivity index (χ4v) is 3.53. The van der Waals surface area contributed by atoms with Crippen LogP contribution in [0, 0.1) is 17.4 Å². The van der Waals surface area contributed by atoms with Crippen molar-refractivity contribution in [3.63, 3.8) is 0 Å². The Bertz CT molecular complexity index is 726. The second-order valence-electron chi connectivity index (χ2n) is 5.24. The number of amides is 1. The monoisotopic (exact) mass is 463 g/mol. The molecule has 6 heteroatoms. The molecule has 0 heterocycles. The quantitative estimate of drug-likeness (QED) is 0.597. The first-order valence-electron chi connectivity index (χ1n) is 6.97. The zero-order valence-corrected chi connectivity index (χ0v) is 16.6. The van der Waals surface area contributed by atoms with Crippen molar-refractivity contribution in [2.24, 2.45) is 0 Å². The highest BCUT2D eigenvalue weighted by atomic mass is 127. The average molecular weight is 464 g/mol. The SMILES string of the molecule is Cc1cc(I)cc(C)c1NC(=O)[C@@H](C)Oc1ccc(Cl)cc1Cl. The van der Waals surface area contributed by atoms with Gasteiger partial charge in [-0.1, -0.05) is 23.2 Å². The van der Waals surface area contributed by atoms with Crippen LogP contribution in [-0.2, 0) is 4.79 Å². The molecule has 2 aromatic carbocycles. The Morgan fingerprint density at radius 1 is 1.17 bits per heavy atom. The lowest BCUT2D eigenvalue weighted by Gasteiger charge is -2.18. The molecule has 23 heavy (non-hydrogen) atoms. The molecule has 1 atom stereocenters. The van der Waals surface area contributed by atoms with Gasteiger partial charge < -0.3 is 10.1 Å². The molecule has 122 valence electrons. The molecular weight excluding hydrogens is 448 g/mol. The molecule has 1 N–H and O–H groups in total. The third-order valence-electron chi connectivity index (χ3n) is 3.31. The highest BCUT2D eigenvalue weighted by Gasteiger charge is 2.18. The van der Waals surface area contributed by atoms with Crippen molar-refractivity contribution in [3.8, 4) is 5.75 Å². The summed E-state index contributed by atoms with van der Waals surface area (Å²) in [5, 5.41) is 3.81. The summed E-state index contributed by atoms with van der Waals surface area (Å²) in [5.74, 6) is 0.193. The van der Waals surface area contributed by atoms with E-state index in [4.69, 9.17) is 27.9 Å². The number of nitrogens with one attached hydrogen (secondary N) is 1. The van der Waals surface area contributed by atoms with Crippen LogP contribution in [0.4, 0.5) is 5.69 Å². The molecule has 0 fully saturated rings. The molecule has 3 nitrogen and oxygen atoms in total. The van der Waals surface area contributed by atoms with Gasteiger partial charge in [-0.25, -0.2) is 0 Å². The van der Waals surface area contributed by atoms with Gasteiger partial charge in [-0.05, 0) is 84.8 Å². The summed E-state index contributed by atoms with van der Waals surface area (Å²) >= 11 is 14.2. The summed E-state index contributed by atoms with van der Waals surface area (Å²) in [6.07, 6.45) is -0.688. The van der Waals surface area contributed by atoms with Crippen LogP contribution in [0.25, 0.3) is 0 Å². The number of carbonyl (C=O) groups is 1. The van der Waals surface area contributed by atoms with E-state index in [-0.39, 0.29) is 5.91 Å². The number of ether oxygens (including phenoxy) is 1. The lowest BCUT2D eigenvalue weighted by molar-refractivity contribution is -0.122. The second-order valence-corrected chi connectivity index (χ2v) is 7.33. The fraction of sp³-hybridized carbons (Fsp3) is 0.235. The molecule has 0 spiro atoms. The van der Waals surface area contributed by atoms with Gasteiger partial charge in [-0.15, -0.1) is 0 Å². The van der Waals surface area contributed by atoms with Gasteiger partial charge in [0.15, 0.2) is 6.10 Å². The predicted molar refractivity (Wildman–Crippen MR) is 104 cm³/mol. The number of halogens is 3. The summed E-state index contributed by atoms with van der Waals surface area (Å²) in [6.45, 7) is 5.61. The Morgan fingerprint density at radius 3 is 2.35 bits per heavy atom. The van der Waals surface area contributed by atoms with Crippen LogP contribution < -0.4 is 10.1 Å². The Labute approximate surface area is 159 Å². The van der Waals surface area contributed by atoms with Crippen LogP contribution in [-0.4, -0.2) is 12.0 Å². The number of carbonyl (C=O) groups excluding carboxylic acids is 1. The van der Waals surface area contributed by atoms with Crippen LogP contribution in [0.2, 0.25) is 10.0 Å². The van der Waals surface area contributed by atoms with Crippen LogP contribution >= 0.6 is 45.8 Å². The van der Waals surface area contributed by atoms with Crippen LogP contribution in [0.15, 0.2) is 30.3 Å². The third kappa shape index (κ3) is 4.75. The molecule has 0 saturated heterocycles. The van der Waals surface area contributed by atoms with E-state index >= 15 is 0 Å². The maximum absolute atomic E-state index is 12.4. The predicted octanol–water partition coefficient (Wildman–Crippen LogP) is 5.62. The van der Waals surface area contributed by atoms with Gasteiger partial charge in [-0.2, -0.15) is 0 Å². The molecule has 0 aliphatic heterocycles. The van der Waals surface area contributed by atoms with Crippen molar-refractivity contribution in [3.05, 3.63) is 55.1 Å². The van der Waals surface area contributed by atoms with Crippen molar-refractivity contribution in [1.82, 2.24) is 0 Å². The molecule has 0 aliphatic carbocycles. The topological polar surface area (TPSA) is 38.3 Å². The van der Waals surface area contributed by atoms with Crippen molar-refractivity contribution in [2.75, 3.05) is 5.32 Å². The molecule has 0 aromatic heterocycles. The smallest absolute Gasteiger partial charge is 0.265 e. The molecule has 0 bridgehead atoms. The van der Waals surface area contributed by atoms with E-state index in [1.807, 2.05) is 26.0 Å². The molecule has 0 saturated carbocycles. The molecular formula is C17H16Cl2INO2. The maximum Gasteiger partial charge on any atom is 0.265 e. The fourth-order valence-electron chi connectivity index (χ4n) is 2.15. The molecule has 0 unspecified atom stereocenters. The van der Waals surface area contributed by atoms with E-state index in [0.29, 0.717) is 15.8 Å². The molecule has 1 amide bonds. The van der Waals surface area contributed by atoms with Crippen molar-refractivity contribution in [1.29, 1.82) is 0 Å². The van der Waals surface area contributed by atoms with Gasteiger partial charge in [0.25, 0.3) is 5.91 Å². The average Bonchev–Trinajstić information content (AvgIpc) is 2.45. The largest absolute Gasteiger partial charge is 0.479 e. The third-order valence-corrected chi connectivity index (χ3v) is 4.47. The first-order chi connectivity index (χ1) is 10.8. The van der Waals surface area contributed by atoms with E-state index in [9.17, 15) is 4.79 Å². The zero-order valence-electron chi connectivity index (χ0n) is 12.9. The zero-order chi connectivity index (χ0) is 17.1.